The number of benzene rings is 1. The molecule has 2 aromatic rings. The first-order chi connectivity index (χ1) is 11.6. The Morgan fingerprint density at radius 2 is 2.08 bits per heavy atom. The van der Waals surface area contributed by atoms with Crippen molar-refractivity contribution in [3.8, 4) is 0 Å². The summed E-state index contributed by atoms with van der Waals surface area (Å²) in [6.07, 6.45) is 7.52. The molecule has 0 bridgehead atoms. The van der Waals surface area contributed by atoms with Gasteiger partial charge in [0.25, 0.3) is 0 Å². The number of nitrogens with zero attached hydrogens (tertiary/aromatic N) is 1. The number of hydrogen-bond acceptors (Lipinski definition) is 3. The first kappa shape index (κ1) is 18.1. The van der Waals surface area contributed by atoms with Crippen LogP contribution < -0.4 is 0 Å². The summed E-state index contributed by atoms with van der Waals surface area (Å²) in [5, 5.41) is 9.88. The maximum Gasteiger partial charge on any atom is 0.303 e. The van der Waals surface area contributed by atoms with E-state index >= 15 is 0 Å². The lowest BCUT2D eigenvalue weighted by Gasteiger charge is -2.12. The molecule has 0 radical (unpaired) electrons. The molecular weight excluding hydrogens is 302 g/mol. The van der Waals surface area contributed by atoms with Crippen molar-refractivity contribution in [3.05, 3.63) is 47.7 Å². The number of hydrogen-bond donors (Lipinski definition) is 1. The molecule has 0 amide bonds. The topological polar surface area (TPSA) is 59.4 Å². The second-order valence-electron chi connectivity index (χ2n) is 5.88. The lowest BCUT2D eigenvalue weighted by atomic mass is 10.1. The van der Waals surface area contributed by atoms with Gasteiger partial charge in [0.1, 0.15) is 0 Å². The third kappa shape index (κ3) is 5.46. The minimum absolute atomic E-state index is 0.00358. The Kier molecular flexibility index (Phi) is 6.94. The predicted octanol–water partition coefficient (Wildman–Crippen LogP) is 4.47. The highest BCUT2D eigenvalue weighted by molar-refractivity contribution is 5.81. The molecule has 0 fully saturated rings. The van der Waals surface area contributed by atoms with Gasteiger partial charge in [0.05, 0.1) is 11.6 Å². The zero-order chi connectivity index (χ0) is 17.4. The third-order valence-electron chi connectivity index (χ3n) is 4.12. The number of allylic oxidation sites excluding steroid dienone is 1. The van der Waals surface area contributed by atoms with E-state index in [-0.39, 0.29) is 12.5 Å². The number of aliphatic carboxylic acids is 1. The molecular formula is C20H25NO3. The largest absolute Gasteiger partial charge is 0.481 e. The van der Waals surface area contributed by atoms with Crippen LogP contribution in [0.15, 0.2) is 36.4 Å². The van der Waals surface area contributed by atoms with E-state index in [2.05, 4.69) is 54.4 Å². The molecule has 1 N–H and O–H groups in total. The fourth-order valence-corrected chi connectivity index (χ4v) is 2.64. The number of aromatic nitrogens is 1. The van der Waals surface area contributed by atoms with E-state index in [0.717, 1.165) is 41.4 Å². The average molecular weight is 327 g/mol. The van der Waals surface area contributed by atoms with Gasteiger partial charge >= 0.3 is 5.97 Å². The van der Waals surface area contributed by atoms with Crippen molar-refractivity contribution >= 4 is 22.9 Å². The Morgan fingerprint density at radius 3 is 2.79 bits per heavy atom. The maximum absolute atomic E-state index is 10.6. The summed E-state index contributed by atoms with van der Waals surface area (Å²) >= 11 is 0. The number of ether oxygens (including phenoxy) is 1. The van der Waals surface area contributed by atoms with E-state index in [1.54, 1.807) is 7.11 Å². The molecule has 0 spiro atoms. The summed E-state index contributed by atoms with van der Waals surface area (Å²) < 4.78 is 5.33. The molecule has 0 aliphatic heterocycles. The Labute approximate surface area is 143 Å². The number of aryl methyl sites for hydroxylation is 1. The maximum atomic E-state index is 10.6. The van der Waals surface area contributed by atoms with Crippen LogP contribution in [0.25, 0.3) is 17.0 Å². The number of methoxy groups -OCH3 is 1. The van der Waals surface area contributed by atoms with E-state index in [1.807, 2.05) is 0 Å². The first-order valence-electron chi connectivity index (χ1n) is 8.43. The molecule has 0 saturated heterocycles. The van der Waals surface area contributed by atoms with Gasteiger partial charge in [-0.1, -0.05) is 37.3 Å². The van der Waals surface area contributed by atoms with Gasteiger partial charge in [-0.3, -0.25) is 9.78 Å². The molecule has 2 rings (SSSR count). The Bertz CT molecular complexity index is 709. The van der Waals surface area contributed by atoms with Crippen LogP contribution in [-0.2, 0) is 16.0 Å². The van der Waals surface area contributed by atoms with Crippen LogP contribution in [0, 0.1) is 0 Å². The summed E-state index contributed by atoms with van der Waals surface area (Å²) in [5.41, 5.74) is 3.25. The van der Waals surface area contributed by atoms with Gasteiger partial charge in [-0.05, 0) is 43.4 Å². The van der Waals surface area contributed by atoms with Crippen molar-refractivity contribution in [1.29, 1.82) is 0 Å². The van der Waals surface area contributed by atoms with E-state index in [0.29, 0.717) is 6.42 Å². The molecule has 4 heteroatoms. The SMILES string of the molecule is CCc1ccc2ccc(/C=C/CC[C@@H](CCC(=O)O)OC)cc2n1. The number of pyridine rings is 1. The smallest absolute Gasteiger partial charge is 0.303 e. The first-order valence-corrected chi connectivity index (χ1v) is 8.43. The van der Waals surface area contributed by atoms with Gasteiger partial charge in [0.2, 0.25) is 0 Å². The van der Waals surface area contributed by atoms with E-state index in [4.69, 9.17) is 9.84 Å². The lowest BCUT2D eigenvalue weighted by Crippen LogP contribution is -2.12. The quantitative estimate of drug-likeness (QED) is 0.738. The standard InChI is InChI=1S/C20H25NO3/c1-3-17-11-10-16-9-8-15(14-19(16)21-17)6-4-5-7-18(24-2)12-13-20(22)23/h4,6,8-11,14,18H,3,5,7,12-13H2,1-2H3,(H,22,23)/b6-4+/t18-/m0/s1. The summed E-state index contributed by atoms with van der Waals surface area (Å²) in [6, 6.07) is 10.5. The molecule has 0 aliphatic carbocycles. The molecule has 0 aliphatic rings. The van der Waals surface area contributed by atoms with Crippen LogP contribution in [0.4, 0.5) is 0 Å². The highest BCUT2D eigenvalue weighted by atomic mass is 16.5. The van der Waals surface area contributed by atoms with Gasteiger partial charge in [-0.2, -0.15) is 0 Å². The number of carboxylic acid groups (broad SMARTS) is 1. The van der Waals surface area contributed by atoms with Crippen LogP contribution in [0.1, 0.15) is 43.9 Å². The molecule has 0 unspecified atom stereocenters. The monoisotopic (exact) mass is 327 g/mol. The molecule has 0 saturated carbocycles. The molecule has 1 aromatic carbocycles. The third-order valence-corrected chi connectivity index (χ3v) is 4.12. The number of rotatable bonds is 9. The van der Waals surface area contributed by atoms with Crippen molar-refractivity contribution in [3.63, 3.8) is 0 Å². The Morgan fingerprint density at radius 1 is 1.29 bits per heavy atom. The van der Waals surface area contributed by atoms with E-state index in [9.17, 15) is 4.79 Å². The fraction of sp³-hybridized carbons (Fsp3) is 0.400. The number of fused-ring (bicyclic) bond motifs is 1. The normalized spacial score (nSPS) is 12.8. The molecule has 1 heterocycles. The average Bonchev–Trinajstić information content (AvgIpc) is 2.60. The molecule has 128 valence electrons. The second-order valence-corrected chi connectivity index (χ2v) is 5.88. The summed E-state index contributed by atoms with van der Waals surface area (Å²) in [4.78, 5) is 15.3. The zero-order valence-corrected chi connectivity index (χ0v) is 14.4. The van der Waals surface area contributed by atoms with Crippen molar-refractivity contribution in [2.45, 2.75) is 45.1 Å². The summed E-state index contributed by atoms with van der Waals surface area (Å²) in [6.45, 7) is 2.11. The van der Waals surface area contributed by atoms with Gasteiger partial charge in [-0.15, -0.1) is 0 Å². The van der Waals surface area contributed by atoms with Crippen LogP contribution in [0.2, 0.25) is 0 Å². The van der Waals surface area contributed by atoms with Gasteiger partial charge in [0, 0.05) is 24.6 Å². The van der Waals surface area contributed by atoms with Crippen LogP contribution in [-0.4, -0.2) is 29.3 Å². The van der Waals surface area contributed by atoms with Crippen molar-refractivity contribution in [2.75, 3.05) is 7.11 Å². The van der Waals surface area contributed by atoms with Gasteiger partial charge in [0.15, 0.2) is 0 Å². The fourth-order valence-electron chi connectivity index (χ4n) is 2.64. The minimum atomic E-state index is -0.775. The van der Waals surface area contributed by atoms with Crippen molar-refractivity contribution in [2.24, 2.45) is 0 Å². The molecule has 1 aromatic heterocycles. The summed E-state index contributed by atoms with van der Waals surface area (Å²) in [7, 11) is 1.64. The molecule has 4 nitrogen and oxygen atoms in total. The highest BCUT2D eigenvalue weighted by Crippen LogP contribution is 2.17. The van der Waals surface area contributed by atoms with E-state index < -0.39 is 5.97 Å². The van der Waals surface area contributed by atoms with Crippen LogP contribution in [0.3, 0.4) is 0 Å². The second kappa shape index (κ2) is 9.18. The summed E-state index contributed by atoms with van der Waals surface area (Å²) in [5.74, 6) is -0.775. The predicted molar refractivity (Wildman–Crippen MR) is 97.1 cm³/mol. The van der Waals surface area contributed by atoms with Crippen molar-refractivity contribution < 1.29 is 14.6 Å². The molecule has 1 atom stereocenters. The van der Waals surface area contributed by atoms with E-state index in [1.165, 1.54) is 0 Å². The highest BCUT2D eigenvalue weighted by Gasteiger charge is 2.08. The zero-order valence-electron chi connectivity index (χ0n) is 14.4. The number of carboxylic acids is 1. The Hall–Kier alpha value is -2.20. The van der Waals surface area contributed by atoms with Crippen molar-refractivity contribution in [1.82, 2.24) is 4.98 Å². The lowest BCUT2D eigenvalue weighted by molar-refractivity contribution is -0.137. The van der Waals surface area contributed by atoms with Crippen LogP contribution >= 0.6 is 0 Å². The molecule has 24 heavy (non-hydrogen) atoms. The number of carbonyl (C=O) groups is 1. The van der Waals surface area contributed by atoms with Crippen LogP contribution in [0.5, 0.6) is 0 Å². The minimum Gasteiger partial charge on any atom is -0.481 e. The van der Waals surface area contributed by atoms with Gasteiger partial charge in [-0.25, -0.2) is 0 Å². The Balaban J connectivity index is 1.93. The van der Waals surface area contributed by atoms with Gasteiger partial charge < -0.3 is 9.84 Å².